The second kappa shape index (κ2) is 4.85. The number of hydrogen-bond donors (Lipinski definition) is 0. The largest absolute Gasteiger partial charge is 0.459 e. The predicted octanol–water partition coefficient (Wildman–Crippen LogP) is 3.88. The number of anilines is 1. The van der Waals surface area contributed by atoms with Gasteiger partial charge in [-0.25, -0.2) is 4.57 Å². The molecule has 26 heavy (non-hydrogen) atoms. The van der Waals surface area contributed by atoms with Gasteiger partial charge in [0, 0.05) is 24.9 Å². The van der Waals surface area contributed by atoms with E-state index in [1.54, 1.807) is 0 Å². The molecule has 0 aliphatic carbocycles. The molecule has 0 bridgehead atoms. The van der Waals surface area contributed by atoms with E-state index in [0.29, 0.717) is 0 Å². The van der Waals surface area contributed by atoms with Gasteiger partial charge in [0.2, 0.25) is 11.2 Å². The van der Waals surface area contributed by atoms with Crippen molar-refractivity contribution in [1.82, 2.24) is 0 Å². The number of hydrogen-bond acceptors (Lipinski definition) is 3. The number of para-hydroxylation sites is 1. The van der Waals surface area contributed by atoms with Gasteiger partial charge in [0.15, 0.2) is 6.20 Å². The SMILES string of the molecule is CN1c2ccccc2C(C)(C)C12C=Nc1c(ccc3c1ccc[n+]3C)O2. The van der Waals surface area contributed by atoms with E-state index < -0.39 is 5.72 Å². The first-order valence-corrected chi connectivity index (χ1v) is 8.95. The van der Waals surface area contributed by atoms with Crippen LogP contribution in [0, 0.1) is 0 Å². The summed E-state index contributed by atoms with van der Waals surface area (Å²) in [6, 6.07) is 16.8. The molecule has 0 saturated heterocycles. The maximum atomic E-state index is 6.71. The van der Waals surface area contributed by atoms with Crippen molar-refractivity contribution in [3.8, 4) is 5.75 Å². The summed E-state index contributed by atoms with van der Waals surface area (Å²) < 4.78 is 8.81. The summed E-state index contributed by atoms with van der Waals surface area (Å²) in [6.45, 7) is 4.46. The molecule has 1 atom stereocenters. The monoisotopic (exact) mass is 344 g/mol. The van der Waals surface area contributed by atoms with Crippen LogP contribution in [0.2, 0.25) is 0 Å². The van der Waals surface area contributed by atoms with Gasteiger partial charge in [0.1, 0.15) is 18.5 Å². The zero-order valence-electron chi connectivity index (χ0n) is 15.5. The number of ether oxygens (including phenoxy) is 1. The number of rotatable bonds is 0. The Kier molecular flexibility index (Phi) is 2.87. The van der Waals surface area contributed by atoms with E-state index in [-0.39, 0.29) is 5.41 Å². The molecule has 5 rings (SSSR count). The lowest BCUT2D eigenvalue weighted by molar-refractivity contribution is -0.644. The van der Waals surface area contributed by atoms with Crippen molar-refractivity contribution in [1.29, 1.82) is 0 Å². The summed E-state index contributed by atoms with van der Waals surface area (Å²) in [6.07, 6.45) is 4.04. The molecular weight excluding hydrogens is 322 g/mol. The third-order valence-corrected chi connectivity index (χ3v) is 6.08. The molecule has 0 fully saturated rings. The molecule has 4 heteroatoms. The van der Waals surface area contributed by atoms with Crippen molar-refractivity contribution in [2.75, 3.05) is 11.9 Å². The molecule has 2 aliphatic rings. The molecule has 130 valence electrons. The Bertz CT molecular complexity index is 1090. The molecule has 2 aliphatic heterocycles. The van der Waals surface area contributed by atoms with Crippen molar-refractivity contribution < 1.29 is 9.30 Å². The standard InChI is InChI=1S/C22H22N3O/c1-21(2)16-9-5-6-10-18(16)25(4)22(21)14-23-20-15-8-7-13-24(3)17(15)11-12-19(20)26-22/h5-14H,1-4H3/q+1. The quantitative estimate of drug-likeness (QED) is 0.579. The van der Waals surface area contributed by atoms with Crippen molar-refractivity contribution in [3.05, 3.63) is 60.3 Å². The molecule has 1 aromatic heterocycles. The minimum Gasteiger partial charge on any atom is -0.459 e. The Morgan fingerprint density at radius 2 is 1.85 bits per heavy atom. The molecule has 3 aromatic rings. The highest BCUT2D eigenvalue weighted by Crippen LogP contribution is 2.53. The van der Waals surface area contributed by atoms with E-state index in [4.69, 9.17) is 9.73 Å². The number of aryl methyl sites for hydroxylation is 1. The zero-order chi connectivity index (χ0) is 18.1. The molecule has 2 aromatic carbocycles. The first-order chi connectivity index (χ1) is 12.5. The number of nitrogens with zero attached hydrogens (tertiary/aromatic N) is 3. The first-order valence-electron chi connectivity index (χ1n) is 8.95. The summed E-state index contributed by atoms with van der Waals surface area (Å²) in [4.78, 5) is 7.13. The normalized spacial score (nSPS) is 22.4. The smallest absolute Gasteiger partial charge is 0.228 e. The lowest BCUT2D eigenvalue weighted by Gasteiger charge is -2.44. The molecule has 0 saturated carbocycles. The van der Waals surface area contributed by atoms with Gasteiger partial charge >= 0.3 is 0 Å². The van der Waals surface area contributed by atoms with Crippen LogP contribution in [-0.4, -0.2) is 19.0 Å². The van der Waals surface area contributed by atoms with Crippen LogP contribution in [0.1, 0.15) is 19.4 Å². The van der Waals surface area contributed by atoms with Crippen LogP contribution in [0.5, 0.6) is 5.75 Å². The van der Waals surface area contributed by atoms with Crippen LogP contribution in [0.15, 0.2) is 59.7 Å². The minimum atomic E-state index is -0.631. The van der Waals surface area contributed by atoms with E-state index in [9.17, 15) is 0 Å². The molecule has 3 heterocycles. The summed E-state index contributed by atoms with van der Waals surface area (Å²) in [7, 11) is 4.14. The predicted molar refractivity (Wildman–Crippen MR) is 105 cm³/mol. The molecule has 1 spiro atoms. The maximum Gasteiger partial charge on any atom is 0.228 e. The highest BCUT2D eigenvalue weighted by Gasteiger charge is 2.58. The number of likely N-dealkylation sites (N-methyl/N-ethyl adjacent to an activating group) is 1. The number of benzene rings is 2. The van der Waals surface area contributed by atoms with E-state index >= 15 is 0 Å². The average molecular weight is 344 g/mol. The lowest BCUT2D eigenvalue weighted by atomic mass is 9.77. The van der Waals surface area contributed by atoms with Gasteiger partial charge in [-0.05, 0) is 37.6 Å². The van der Waals surface area contributed by atoms with Crippen LogP contribution >= 0.6 is 0 Å². The molecule has 0 N–H and O–H groups in total. The Morgan fingerprint density at radius 1 is 1.04 bits per heavy atom. The van der Waals surface area contributed by atoms with Crippen molar-refractivity contribution in [2.45, 2.75) is 25.0 Å². The van der Waals surface area contributed by atoms with Gasteiger partial charge in [0.05, 0.1) is 17.0 Å². The molecule has 4 nitrogen and oxygen atoms in total. The molecule has 0 radical (unpaired) electrons. The fraction of sp³-hybridized carbons (Fsp3) is 0.273. The highest BCUT2D eigenvalue weighted by molar-refractivity contribution is 5.97. The first kappa shape index (κ1) is 15.4. The lowest BCUT2D eigenvalue weighted by Crippen LogP contribution is -2.61. The highest BCUT2D eigenvalue weighted by atomic mass is 16.5. The molecule has 0 amide bonds. The topological polar surface area (TPSA) is 28.7 Å². The molecule has 1 unspecified atom stereocenters. The van der Waals surface area contributed by atoms with Crippen molar-refractivity contribution in [3.63, 3.8) is 0 Å². The van der Waals surface area contributed by atoms with Gasteiger partial charge in [-0.1, -0.05) is 18.2 Å². The van der Waals surface area contributed by atoms with Crippen LogP contribution in [-0.2, 0) is 12.5 Å². The van der Waals surface area contributed by atoms with Gasteiger partial charge in [-0.15, -0.1) is 0 Å². The van der Waals surface area contributed by atoms with E-state index in [1.165, 1.54) is 11.3 Å². The van der Waals surface area contributed by atoms with Gasteiger partial charge < -0.3 is 9.64 Å². The number of pyridine rings is 1. The van der Waals surface area contributed by atoms with Gasteiger partial charge in [-0.2, -0.15) is 0 Å². The second-order valence-electron chi connectivity index (χ2n) is 7.72. The minimum absolute atomic E-state index is 0.226. The summed E-state index contributed by atoms with van der Waals surface area (Å²) in [5, 5.41) is 1.11. The van der Waals surface area contributed by atoms with E-state index in [1.807, 2.05) is 31.6 Å². The van der Waals surface area contributed by atoms with E-state index in [2.05, 4.69) is 66.8 Å². The zero-order valence-corrected chi connectivity index (χ0v) is 15.5. The number of aromatic nitrogens is 1. The average Bonchev–Trinajstić information content (AvgIpc) is 2.81. The van der Waals surface area contributed by atoms with Crippen LogP contribution in [0.25, 0.3) is 10.9 Å². The Morgan fingerprint density at radius 3 is 2.65 bits per heavy atom. The van der Waals surface area contributed by atoms with Crippen molar-refractivity contribution >= 4 is 28.5 Å². The Labute approximate surface area is 153 Å². The number of fused-ring (bicyclic) bond motifs is 4. The third kappa shape index (κ3) is 1.69. The number of aliphatic imine (C=N–C) groups is 1. The summed E-state index contributed by atoms with van der Waals surface area (Å²) in [5.41, 5.74) is 3.67. The maximum absolute atomic E-state index is 6.71. The van der Waals surface area contributed by atoms with Crippen molar-refractivity contribution in [2.24, 2.45) is 12.0 Å². The fourth-order valence-electron chi connectivity index (χ4n) is 4.49. The Hall–Kier alpha value is -2.88. The Balaban J connectivity index is 1.72. The van der Waals surface area contributed by atoms with Gasteiger partial charge in [0.25, 0.3) is 0 Å². The molecular formula is C22H22N3O+. The summed E-state index contributed by atoms with van der Waals surface area (Å²) in [5.74, 6) is 0.832. The van der Waals surface area contributed by atoms with Crippen LogP contribution < -0.4 is 14.2 Å². The van der Waals surface area contributed by atoms with E-state index in [0.717, 1.165) is 22.3 Å². The second-order valence-corrected chi connectivity index (χ2v) is 7.72. The third-order valence-electron chi connectivity index (χ3n) is 6.08. The van der Waals surface area contributed by atoms with Crippen LogP contribution in [0.4, 0.5) is 11.4 Å². The van der Waals surface area contributed by atoms with Gasteiger partial charge in [-0.3, -0.25) is 4.99 Å². The van der Waals surface area contributed by atoms with Crippen LogP contribution in [0.3, 0.4) is 0 Å². The summed E-state index contributed by atoms with van der Waals surface area (Å²) >= 11 is 0. The fourth-order valence-corrected chi connectivity index (χ4v) is 4.49.